The van der Waals surface area contributed by atoms with Gasteiger partial charge in [-0.05, 0) is 48.9 Å². The Hall–Kier alpha value is -2.73. The Kier molecular flexibility index (Phi) is 5.43. The predicted molar refractivity (Wildman–Crippen MR) is 87.8 cm³/mol. The molecule has 0 saturated heterocycles. The molecule has 6 heteroatoms. The molecule has 0 aliphatic heterocycles. The van der Waals surface area contributed by atoms with E-state index in [0.717, 1.165) is 5.56 Å². The number of nitrogens with one attached hydrogen (secondary N) is 2. The molecule has 0 unspecified atom stereocenters. The smallest absolute Gasteiger partial charge is 0.255 e. The van der Waals surface area contributed by atoms with Gasteiger partial charge in [0.05, 0.1) is 0 Å². The molecule has 0 heterocycles. The summed E-state index contributed by atoms with van der Waals surface area (Å²) in [6.45, 7) is 2.12. The van der Waals surface area contributed by atoms with Crippen molar-refractivity contribution in [1.82, 2.24) is 0 Å². The zero-order chi connectivity index (χ0) is 16.8. The number of amides is 2. The summed E-state index contributed by atoms with van der Waals surface area (Å²) in [4.78, 5) is 23.7. The highest BCUT2D eigenvalue weighted by atomic mass is 19.1. The van der Waals surface area contributed by atoms with Crippen molar-refractivity contribution in [1.29, 1.82) is 0 Å². The molecule has 0 radical (unpaired) electrons. The normalized spacial score (nSPS) is 10.2. The van der Waals surface area contributed by atoms with Crippen molar-refractivity contribution < 1.29 is 14.0 Å². The fourth-order valence-corrected chi connectivity index (χ4v) is 1.98. The van der Waals surface area contributed by atoms with Crippen LogP contribution in [0, 0.1) is 12.7 Å². The van der Waals surface area contributed by atoms with Crippen LogP contribution in [0.1, 0.15) is 22.3 Å². The molecule has 0 aliphatic rings. The molecule has 0 aromatic heterocycles. The van der Waals surface area contributed by atoms with E-state index in [-0.39, 0.29) is 24.8 Å². The molecule has 0 saturated carbocycles. The van der Waals surface area contributed by atoms with Gasteiger partial charge in [0.25, 0.3) is 5.91 Å². The van der Waals surface area contributed by atoms with E-state index in [1.807, 2.05) is 6.92 Å². The first-order chi connectivity index (χ1) is 11.0. The molecule has 0 atom stereocenters. The minimum atomic E-state index is -0.401. The highest BCUT2D eigenvalue weighted by Crippen LogP contribution is 2.21. The standard InChI is InChI=1S/C17H18FN3O2/c1-11-2-7-14(10-15(11)21-16(22)8-9-19)20-17(23)12-3-5-13(18)6-4-12/h2-7,10H,8-9,19H2,1H3,(H,20,23)(H,21,22). The molecule has 2 rings (SSSR count). The molecule has 0 fully saturated rings. The Morgan fingerprint density at radius 2 is 1.78 bits per heavy atom. The fourth-order valence-electron chi connectivity index (χ4n) is 1.98. The van der Waals surface area contributed by atoms with Gasteiger partial charge in [-0.1, -0.05) is 6.07 Å². The third-order valence-electron chi connectivity index (χ3n) is 3.25. The van der Waals surface area contributed by atoms with Crippen LogP contribution in [0.15, 0.2) is 42.5 Å². The summed E-state index contributed by atoms with van der Waals surface area (Å²) in [6, 6.07) is 10.5. The van der Waals surface area contributed by atoms with E-state index in [1.54, 1.807) is 18.2 Å². The van der Waals surface area contributed by atoms with Crippen LogP contribution < -0.4 is 16.4 Å². The Bertz CT molecular complexity index is 714. The highest BCUT2D eigenvalue weighted by molar-refractivity contribution is 6.04. The summed E-state index contributed by atoms with van der Waals surface area (Å²) in [5, 5.41) is 5.47. The summed E-state index contributed by atoms with van der Waals surface area (Å²) in [7, 11) is 0. The van der Waals surface area contributed by atoms with Crippen LogP contribution in [0.2, 0.25) is 0 Å². The number of halogens is 1. The van der Waals surface area contributed by atoms with Gasteiger partial charge in [-0.3, -0.25) is 9.59 Å². The van der Waals surface area contributed by atoms with E-state index in [4.69, 9.17) is 5.73 Å². The number of nitrogens with two attached hydrogens (primary N) is 1. The van der Waals surface area contributed by atoms with Gasteiger partial charge in [-0.15, -0.1) is 0 Å². The van der Waals surface area contributed by atoms with Crippen LogP contribution in [-0.2, 0) is 4.79 Å². The average Bonchev–Trinajstić information content (AvgIpc) is 2.51. The molecular formula is C17H18FN3O2. The number of carbonyl (C=O) groups is 2. The average molecular weight is 315 g/mol. The molecule has 2 aromatic rings. The minimum absolute atomic E-state index is 0.183. The lowest BCUT2D eigenvalue weighted by Crippen LogP contribution is -2.17. The maximum absolute atomic E-state index is 12.9. The fraction of sp³-hybridized carbons (Fsp3) is 0.176. The molecule has 120 valence electrons. The molecule has 2 aromatic carbocycles. The van der Waals surface area contributed by atoms with E-state index in [2.05, 4.69) is 10.6 Å². The number of aryl methyl sites for hydroxylation is 1. The Labute approximate surface area is 133 Å². The molecule has 2 amide bonds. The third kappa shape index (κ3) is 4.62. The van der Waals surface area contributed by atoms with Crippen molar-refractivity contribution >= 4 is 23.2 Å². The minimum Gasteiger partial charge on any atom is -0.330 e. The van der Waals surface area contributed by atoms with E-state index in [0.29, 0.717) is 16.9 Å². The molecule has 5 nitrogen and oxygen atoms in total. The van der Waals surface area contributed by atoms with Crippen LogP contribution in [0.4, 0.5) is 15.8 Å². The maximum Gasteiger partial charge on any atom is 0.255 e. The second kappa shape index (κ2) is 7.51. The number of hydrogen-bond donors (Lipinski definition) is 3. The van der Waals surface area contributed by atoms with Gasteiger partial charge in [-0.25, -0.2) is 4.39 Å². The monoisotopic (exact) mass is 315 g/mol. The predicted octanol–water partition coefficient (Wildman–Crippen LogP) is 2.67. The second-order valence-electron chi connectivity index (χ2n) is 5.08. The molecule has 23 heavy (non-hydrogen) atoms. The Morgan fingerprint density at radius 3 is 2.43 bits per heavy atom. The second-order valence-corrected chi connectivity index (χ2v) is 5.08. The van der Waals surface area contributed by atoms with Gasteiger partial charge in [-0.2, -0.15) is 0 Å². The number of hydrogen-bond acceptors (Lipinski definition) is 3. The van der Waals surface area contributed by atoms with Crippen LogP contribution in [0.25, 0.3) is 0 Å². The van der Waals surface area contributed by atoms with Crippen LogP contribution in [0.5, 0.6) is 0 Å². The molecule has 0 bridgehead atoms. The molecular weight excluding hydrogens is 297 g/mol. The van der Waals surface area contributed by atoms with Gasteiger partial charge in [0.15, 0.2) is 0 Å². The van der Waals surface area contributed by atoms with Crippen molar-refractivity contribution in [3.05, 3.63) is 59.4 Å². The maximum atomic E-state index is 12.9. The molecule has 4 N–H and O–H groups in total. The summed E-state index contributed by atoms with van der Waals surface area (Å²) in [5.41, 5.74) is 7.71. The largest absolute Gasteiger partial charge is 0.330 e. The van der Waals surface area contributed by atoms with Crippen molar-refractivity contribution in [2.75, 3.05) is 17.2 Å². The molecule has 0 spiro atoms. The zero-order valence-electron chi connectivity index (χ0n) is 12.7. The number of anilines is 2. The quantitative estimate of drug-likeness (QED) is 0.793. The van der Waals surface area contributed by atoms with Crippen molar-refractivity contribution in [3.8, 4) is 0 Å². The van der Waals surface area contributed by atoms with E-state index >= 15 is 0 Å². The van der Waals surface area contributed by atoms with Crippen molar-refractivity contribution in [2.24, 2.45) is 5.73 Å². The number of carbonyl (C=O) groups excluding carboxylic acids is 2. The van der Waals surface area contributed by atoms with Crippen LogP contribution in [0.3, 0.4) is 0 Å². The first-order valence-electron chi connectivity index (χ1n) is 7.17. The van der Waals surface area contributed by atoms with E-state index in [9.17, 15) is 14.0 Å². The van der Waals surface area contributed by atoms with Gasteiger partial charge in [0.2, 0.25) is 5.91 Å². The van der Waals surface area contributed by atoms with Crippen molar-refractivity contribution in [3.63, 3.8) is 0 Å². The third-order valence-corrected chi connectivity index (χ3v) is 3.25. The SMILES string of the molecule is Cc1ccc(NC(=O)c2ccc(F)cc2)cc1NC(=O)CCN. The zero-order valence-corrected chi connectivity index (χ0v) is 12.7. The topological polar surface area (TPSA) is 84.2 Å². The number of rotatable bonds is 5. The van der Waals surface area contributed by atoms with Crippen LogP contribution in [-0.4, -0.2) is 18.4 Å². The first kappa shape index (κ1) is 16.6. The van der Waals surface area contributed by atoms with Crippen molar-refractivity contribution in [2.45, 2.75) is 13.3 Å². The lowest BCUT2D eigenvalue weighted by molar-refractivity contribution is -0.116. The van der Waals surface area contributed by atoms with Gasteiger partial charge >= 0.3 is 0 Å². The number of benzene rings is 2. The lowest BCUT2D eigenvalue weighted by Gasteiger charge is -2.11. The summed E-state index contributed by atoms with van der Waals surface area (Å²) in [5.74, 6) is -0.938. The van der Waals surface area contributed by atoms with E-state index in [1.165, 1.54) is 24.3 Å². The Morgan fingerprint density at radius 1 is 1.09 bits per heavy atom. The summed E-state index contributed by atoms with van der Waals surface area (Å²) >= 11 is 0. The summed E-state index contributed by atoms with van der Waals surface area (Å²) < 4.78 is 12.9. The van der Waals surface area contributed by atoms with Gasteiger partial charge in [0, 0.05) is 29.9 Å². The van der Waals surface area contributed by atoms with Gasteiger partial charge < -0.3 is 16.4 Å². The Balaban J connectivity index is 2.12. The van der Waals surface area contributed by atoms with E-state index < -0.39 is 5.82 Å². The summed E-state index contributed by atoms with van der Waals surface area (Å²) in [6.07, 6.45) is 0.228. The highest BCUT2D eigenvalue weighted by Gasteiger charge is 2.09. The molecule has 0 aliphatic carbocycles. The van der Waals surface area contributed by atoms with Crippen LogP contribution >= 0.6 is 0 Å². The van der Waals surface area contributed by atoms with Gasteiger partial charge in [0.1, 0.15) is 5.82 Å². The first-order valence-corrected chi connectivity index (χ1v) is 7.17. The lowest BCUT2D eigenvalue weighted by atomic mass is 10.1.